The van der Waals surface area contributed by atoms with Gasteiger partial charge >= 0.3 is 0 Å². The van der Waals surface area contributed by atoms with Gasteiger partial charge in [0.1, 0.15) is 13.3 Å². The fourth-order valence-electron chi connectivity index (χ4n) is 0.383. The van der Waals surface area contributed by atoms with Gasteiger partial charge in [0.25, 0.3) is 0 Å². The van der Waals surface area contributed by atoms with E-state index >= 15 is 0 Å². The van der Waals surface area contributed by atoms with Crippen molar-refractivity contribution in [2.75, 3.05) is 7.05 Å². The Morgan fingerprint density at radius 1 is 1.11 bits per heavy atom. The van der Waals surface area contributed by atoms with E-state index in [9.17, 15) is 0 Å². The minimum Gasteiger partial charge on any atom is -0.212 e. The van der Waals surface area contributed by atoms with Crippen LogP contribution in [0.2, 0.25) is 0 Å². The lowest BCUT2D eigenvalue weighted by Gasteiger charge is -1.78. The van der Waals surface area contributed by atoms with Gasteiger partial charge in [0.2, 0.25) is 0 Å². The van der Waals surface area contributed by atoms with Crippen molar-refractivity contribution in [3.8, 4) is 0 Å². The van der Waals surface area contributed by atoms with Crippen molar-refractivity contribution in [3.05, 3.63) is 24.4 Å². The number of hydrogen-bond acceptors (Lipinski definition) is 0. The summed E-state index contributed by atoms with van der Waals surface area (Å²) in [5, 5.41) is 0. The summed E-state index contributed by atoms with van der Waals surface area (Å²) in [6.45, 7) is 4.00. The first kappa shape index (κ1) is 8.15. The summed E-state index contributed by atoms with van der Waals surface area (Å²) in [4.78, 5) is 0. The van der Waals surface area contributed by atoms with Crippen molar-refractivity contribution >= 4 is 6.21 Å². The van der Waals surface area contributed by atoms with Gasteiger partial charge in [-0.25, -0.2) is 4.58 Å². The normalized spacial score (nSPS) is 13.9. The summed E-state index contributed by atoms with van der Waals surface area (Å²) in [6.07, 6.45) is 10.0. The van der Waals surface area contributed by atoms with Crippen LogP contribution in [-0.2, 0) is 0 Å². The lowest BCUT2D eigenvalue weighted by molar-refractivity contribution is -0.417. The first-order chi connectivity index (χ1) is 4.31. The summed E-state index contributed by atoms with van der Waals surface area (Å²) < 4.78 is 2.00. The fourth-order valence-corrected chi connectivity index (χ4v) is 0.383. The quantitative estimate of drug-likeness (QED) is 0.300. The molecule has 0 aromatic heterocycles. The Hall–Kier alpha value is -0.850. The van der Waals surface area contributed by atoms with Gasteiger partial charge in [-0.15, -0.1) is 0 Å². The molecule has 0 aromatic rings. The zero-order valence-electron chi connectivity index (χ0n) is 6.33. The van der Waals surface area contributed by atoms with Gasteiger partial charge < -0.3 is 0 Å². The molecule has 0 saturated heterocycles. The lowest BCUT2D eigenvalue weighted by Crippen LogP contribution is -1.92. The van der Waals surface area contributed by atoms with Crippen LogP contribution in [0.25, 0.3) is 0 Å². The standard InChI is InChI=1S/C8H14N/c1-4-6-7-8-9(3)5-2/h4-8H,1-3H3/q+1/b6-4-,8-7-,9-5?. The van der Waals surface area contributed by atoms with Gasteiger partial charge in [0.05, 0.1) is 0 Å². The van der Waals surface area contributed by atoms with Gasteiger partial charge in [-0.05, 0) is 6.92 Å². The summed E-state index contributed by atoms with van der Waals surface area (Å²) in [5.74, 6) is 0. The largest absolute Gasteiger partial charge is 0.212 e. The molecule has 1 heteroatoms. The summed E-state index contributed by atoms with van der Waals surface area (Å²) >= 11 is 0. The molecule has 0 radical (unpaired) electrons. The van der Waals surface area contributed by atoms with Gasteiger partial charge in [0, 0.05) is 13.0 Å². The minimum absolute atomic E-state index is 2.00. The molecule has 0 heterocycles. The second-order valence-corrected chi connectivity index (χ2v) is 1.79. The molecule has 0 saturated carbocycles. The molecule has 9 heavy (non-hydrogen) atoms. The highest BCUT2D eigenvalue weighted by atomic mass is 14.9. The Morgan fingerprint density at radius 2 is 1.78 bits per heavy atom. The van der Waals surface area contributed by atoms with Crippen LogP contribution >= 0.6 is 0 Å². The van der Waals surface area contributed by atoms with E-state index in [0.29, 0.717) is 0 Å². The Balaban J connectivity index is 3.71. The van der Waals surface area contributed by atoms with E-state index in [1.165, 1.54) is 0 Å². The molecule has 0 rings (SSSR count). The maximum Gasteiger partial charge on any atom is 0.168 e. The predicted molar refractivity (Wildman–Crippen MR) is 41.9 cm³/mol. The molecule has 0 aliphatic heterocycles. The molecule has 0 amide bonds. The van der Waals surface area contributed by atoms with E-state index in [0.717, 1.165) is 0 Å². The second kappa shape index (κ2) is 5.29. The van der Waals surface area contributed by atoms with E-state index in [1.54, 1.807) is 0 Å². The van der Waals surface area contributed by atoms with E-state index in [1.807, 2.05) is 56.1 Å². The summed E-state index contributed by atoms with van der Waals surface area (Å²) in [6, 6.07) is 0. The summed E-state index contributed by atoms with van der Waals surface area (Å²) in [5.41, 5.74) is 0. The topological polar surface area (TPSA) is 3.01 Å². The van der Waals surface area contributed by atoms with Gasteiger partial charge in [0.15, 0.2) is 6.20 Å². The maximum atomic E-state index is 2.00. The van der Waals surface area contributed by atoms with E-state index in [4.69, 9.17) is 0 Å². The molecular weight excluding hydrogens is 110 g/mol. The molecule has 1 nitrogen and oxygen atoms in total. The van der Waals surface area contributed by atoms with Gasteiger partial charge in [-0.3, -0.25) is 0 Å². The third-order valence-corrected chi connectivity index (χ3v) is 1.03. The Bertz CT molecular complexity index is 141. The molecule has 0 bridgehead atoms. The SMILES string of the molecule is CC=[N+](C)/C=C\C=C/C. The van der Waals surface area contributed by atoms with Gasteiger partial charge in [-0.2, -0.15) is 0 Å². The predicted octanol–water partition coefficient (Wildman–Crippen LogP) is 1.81. The number of nitrogens with zero attached hydrogens (tertiary/aromatic N) is 1. The Morgan fingerprint density at radius 3 is 2.22 bits per heavy atom. The third kappa shape index (κ3) is 5.01. The lowest BCUT2D eigenvalue weighted by atomic mass is 10.5. The molecule has 0 aliphatic rings. The molecule has 0 spiro atoms. The molecule has 0 unspecified atom stereocenters. The van der Waals surface area contributed by atoms with Crippen molar-refractivity contribution in [1.82, 2.24) is 0 Å². The number of hydrogen-bond donors (Lipinski definition) is 0. The van der Waals surface area contributed by atoms with Crippen LogP contribution in [-0.4, -0.2) is 17.8 Å². The first-order valence-electron chi connectivity index (χ1n) is 3.12. The highest BCUT2D eigenvalue weighted by molar-refractivity contribution is 5.46. The molecule has 0 N–H and O–H groups in total. The Labute approximate surface area is 57.0 Å². The second-order valence-electron chi connectivity index (χ2n) is 1.79. The van der Waals surface area contributed by atoms with Crippen molar-refractivity contribution in [2.45, 2.75) is 13.8 Å². The van der Waals surface area contributed by atoms with E-state index in [-0.39, 0.29) is 0 Å². The number of allylic oxidation sites excluding steroid dienone is 3. The average molecular weight is 124 g/mol. The zero-order valence-corrected chi connectivity index (χ0v) is 6.33. The Kier molecular flexibility index (Phi) is 4.79. The van der Waals surface area contributed by atoms with E-state index < -0.39 is 0 Å². The number of rotatable bonds is 2. The van der Waals surface area contributed by atoms with Crippen LogP contribution < -0.4 is 0 Å². The van der Waals surface area contributed by atoms with Crippen LogP contribution in [0, 0.1) is 0 Å². The van der Waals surface area contributed by atoms with Crippen LogP contribution in [0.15, 0.2) is 24.4 Å². The van der Waals surface area contributed by atoms with Crippen molar-refractivity contribution < 1.29 is 4.58 Å². The maximum absolute atomic E-state index is 2.00. The van der Waals surface area contributed by atoms with E-state index in [2.05, 4.69) is 0 Å². The van der Waals surface area contributed by atoms with Crippen LogP contribution in [0.1, 0.15) is 13.8 Å². The molecule has 0 aromatic carbocycles. The molecule has 0 atom stereocenters. The highest BCUT2D eigenvalue weighted by Gasteiger charge is 1.77. The fraction of sp³-hybridized carbons (Fsp3) is 0.375. The molecule has 0 fully saturated rings. The van der Waals surface area contributed by atoms with Gasteiger partial charge in [-0.1, -0.05) is 12.2 Å². The summed E-state index contributed by atoms with van der Waals surface area (Å²) in [7, 11) is 2.00. The molecule has 50 valence electrons. The van der Waals surface area contributed by atoms with Crippen molar-refractivity contribution in [2.24, 2.45) is 0 Å². The third-order valence-electron chi connectivity index (χ3n) is 1.03. The van der Waals surface area contributed by atoms with Crippen molar-refractivity contribution in [3.63, 3.8) is 0 Å². The van der Waals surface area contributed by atoms with Crippen molar-refractivity contribution in [1.29, 1.82) is 0 Å². The zero-order chi connectivity index (χ0) is 7.11. The smallest absolute Gasteiger partial charge is 0.168 e. The van der Waals surface area contributed by atoms with Crippen LogP contribution in [0.3, 0.4) is 0 Å². The first-order valence-corrected chi connectivity index (χ1v) is 3.12. The minimum atomic E-state index is 2.00. The average Bonchev–Trinajstić information content (AvgIpc) is 1.89. The molecular formula is C8H14N+. The molecule has 0 aliphatic carbocycles. The van der Waals surface area contributed by atoms with Crippen LogP contribution in [0.4, 0.5) is 0 Å². The monoisotopic (exact) mass is 124 g/mol. The highest BCUT2D eigenvalue weighted by Crippen LogP contribution is 1.75. The van der Waals surface area contributed by atoms with Crippen LogP contribution in [0.5, 0.6) is 0 Å².